The molecule has 1 heterocycles. The summed E-state index contributed by atoms with van der Waals surface area (Å²) in [7, 11) is 0. The van der Waals surface area contributed by atoms with E-state index in [-0.39, 0.29) is 18.6 Å². The van der Waals surface area contributed by atoms with Crippen LogP contribution in [0.4, 0.5) is 5.69 Å². The van der Waals surface area contributed by atoms with E-state index in [1.54, 1.807) is 0 Å². The first-order valence-electron chi connectivity index (χ1n) is 5.40. The second-order valence-corrected chi connectivity index (χ2v) is 4.20. The topological polar surface area (TPSA) is 43.8 Å². The van der Waals surface area contributed by atoms with Crippen molar-refractivity contribution in [2.45, 2.75) is 13.8 Å². The normalized spacial score (nSPS) is 20.7. The second kappa shape index (κ2) is 4.14. The molecule has 86 valence electrons. The third-order valence-corrected chi connectivity index (χ3v) is 2.85. The summed E-state index contributed by atoms with van der Waals surface area (Å²) in [5.74, 6) is -0.0864. The van der Waals surface area contributed by atoms with E-state index in [2.05, 4.69) is 0 Å². The van der Waals surface area contributed by atoms with Crippen molar-refractivity contribution in [2.75, 3.05) is 18.3 Å². The van der Waals surface area contributed by atoms with Crippen LogP contribution in [0.5, 0.6) is 0 Å². The molecule has 0 radical (unpaired) electrons. The van der Waals surface area contributed by atoms with Crippen LogP contribution in [0.3, 0.4) is 0 Å². The van der Waals surface area contributed by atoms with Gasteiger partial charge < -0.3 is 5.11 Å². The van der Waals surface area contributed by atoms with Crippen molar-refractivity contribution in [3.05, 3.63) is 29.8 Å². The first-order chi connectivity index (χ1) is 7.63. The fourth-order valence-corrected chi connectivity index (χ4v) is 1.99. The van der Waals surface area contributed by atoms with Gasteiger partial charge in [-0.1, -0.05) is 19.1 Å². The zero-order chi connectivity index (χ0) is 11.7. The van der Waals surface area contributed by atoms with E-state index in [0.717, 1.165) is 11.3 Å². The van der Waals surface area contributed by atoms with Gasteiger partial charge in [0, 0.05) is 0 Å². The SMILES string of the molecule is Cc1cccc(N2CC(C)C(=O)N2CO)c1. The fraction of sp³-hybridized carbons (Fsp3) is 0.417. The van der Waals surface area contributed by atoms with Gasteiger partial charge in [-0.05, 0) is 24.6 Å². The molecule has 0 spiro atoms. The lowest BCUT2D eigenvalue weighted by Crippen LogP contribution is -2.39. The molecule has 2 rings (SSSR count). The summed E-state index contributed by atoms with van der Waals surface area (Å²) < 4.78 is 0. The highest BCUT2D eigenvalue weighted by molar-refractivity contribution is 5.83. The average molecular weight is 220 g/mol. The number of aliphatic hydroxyl groups is 1. The summed E-state index contributed by atoms with van der Waals surface area (Å²) in [6.07, 6.45) is 0. The predicted molar refractivity (Wildman–Crippen MR) is 61.6 cm³/mol. The molecule has 1 N–H and O–H groups in total. The first-order valence-corrected chi connectivity index (χ1v) is 5.40. The van der Waals surface area contributed by atoms with Gasteiger partial charge in [-0.2, -0.15) is 0 Å². The van der Waals surface area contributed by atoms with Crippen molar-refractivity contribution in [1.82, 2.24) is 5.01 Å². The van der Waals surface area contributed by atoms with Gasteiger partial charge in [0.1, 0.15) is 6.73 Å². The minimum atomic E-state index is -0.267. The Balaban J connectivity index is 2.30. The molecule has 4 nitrogen and oxygen atoms in total. The summed E-state index contributed by atoms with van der Waals surface area (Å²) in [6.45, 7) is 4.24. The van der Waals surface area contributed by atoms with E-state index in [0.29, 0.717) is 6.54 Å². The van der Waals surface area contributed by atoms with Gasteiger partial charge in [0.2, 0.25) is 5.91 Å². The summed E-state index contributed by atoms with van der Waals surface area (Å²) in [6, 6.07) is 7.91. The van der Waals surface area contributed by atoms with Crippen LogP contribution < -0.4 is 5.01 Å². The lowest BCUT2D eigenvalue weighted by molar-refractivity contribution is -0.134. The van der Waals surface area contributed by atoms with Gasteiger partial charge in [0.05, 0.1) is 18.2 Å². The zero-order valence-electron chi connectivity index (χ0n) is 9.55. The number of rotatable bonds is 2. The number of aryl methyl sites for hydroxylation is 1. The van der Waals surface area contributed by atoms with E-state index in [1.165, 1.54) is 5.01 Å². The lowest BCUT2D eigenvalue weighted by atomic mass is 10.2. The Morgan fingerprint density at radius 1 is 1.50 bits per heavy atom. The van der Waals surface area contributed by atoms with Crippen molar-refractivity contribution >= 4 is 11.6 Å². The molecular weight excluding hydrogens is 204 g/mol. The Kier molecular flexibility index (Phi) is 2.83. The molecule has 1 unspecified atom stereocenters. The van der Waals surface area contributed by atoms with E-state index in [9.17, 15) is 9.90 Å². The summed E-state index contributed by atoms with van der Waals surface area (Å²) in [4.78, 5) is 11.7. The molecule has 1 amide bonds. The molecule has 0 aromatic heterocycles. The molecule has 4 heteroatoms. The van der Waals surface area contributed by atoms with Crippen LogP contribution in [0, 0.1) is 12.8 Å². The van der Waals surface area contributed by atoms with Crippen LogP contribution in [0.25, 0.3) is 0 Å². The maximum atomic E-state index is 11.7. The third kappa shape index (κ3) is 1.76. The summed E-state index contributed by atoms with van der Waals surface area (Å²) in [5, 5.41) is 12.4. The fourth-order valence-electron chi connectivity index (χ4n) is 1.99. The Morgan fingerprint density at radius 3 is 2.88 bits per heavy atom. The van der Waals surface area contributed by atoms with Gasteiger partial charge in [0.15, 0.2) is 0 Å². The number of hydrogen-bond donors (Lipinski definition) is 1. The maximum absolute atomic E-state index is 11.7. The highest BCUT2D eigenvalue weighted by atomic mass is 16.3. The van der Waals surface area contributed by atoms with Crippen molar-refractivity contribution in [1.29, 1.82) is 0 Å². The van der Waals surface area contributed by atoms with Gasteiger partial charge in [0.25, 0.3) is 0 Å². The van der Waals surface area contributed by atoms with Gasteiger partial charge in [-0.25, -0.2) is 5.01 Å². The summed E-state index contributed by atoms with van der Waals surface area (Å²) >= 11 is 0. The number of anilines is 1. The molecule has 16 heavy (non-hydrogen) atoms. The predicted octanol–water partition coefficient (Wildman–Crippen LogP) is 1.14. The number of nitrogens with zero attached hydrogens (tertiary/aromatic N) is 2. The minimum Gasteiger partial charge on any atom is -0.374 e. The lowest BCUT2D eigenvalue weighted by Gasteiger charge is -2.27. The van der Waals surface area contributed by atoms with Crippen LogP contribution in [-0.4, -0.2) is 29.3 Å². The molecule has 1 aliphatic rings. The van der Waals surface area contributed by atoms with Crippen LogP contribution in [-0.2, 0) is 4.79 Å². The first kappa shape index (κ1) is 11.0. The zero-order valence-corrected chi connectivity index (χ0v) is 9.55. The number of carbonyl (C=O) groups excluding carboxylic acids is 1. The standard InChI is InChI=1S/C12H16N2O2/c1-9-4-3-5-11(6-9)13-7-10(2)12(16)14(13)8-15/h3-6,10,15H,7-8H2,1-2H3. The summed E-state index contributed by atoms with van der Waals surface area (Å²) in [5.41, 5.74) is 2.09. The molecule has 1 fully saturated rings. The van der Waals surface area contributed by atoms with Gasteiger partial charge in [-0.15, -0.1) is 0 Å². The number of carbonyl (C=O) groups is 1. The number of amides is 1. The van der Waals surface area contributed by atoms with Crippen LogP contribution in [0.15, 0.2) is 24.3 Å². The van der Waals surface area contributed by atoms with Crippen LogP contribution >= 0.6 is 0 Å². The largest absolute Gasteiger partial charge is 0.374 e. The molecule has 1 aromatic carbocycles. The average Bonchev–Trinajstić information content (AvgIpc) is 2.55. The quantitative estimate of drug-likeness (QED) is 0.813. The van der Waals surface area contributed by atoms with Crippen molar-refractivity contribution in [3.8, 4) is 0 Å². The van der Waals surface area contributed by atoms with E-state index < -0.39 is 0 Å². The Hall–Kier alpha value is -1.55. The van der Waals surface area contributed by atoms with Gasteiger partial charge >= 0.3 is 0 Å². The second-order valence-electron chi connectivity index (χ2n) is 4.20. The highest BCUT2D eigenvalue weighted by Gasteiger charge is 2.34. The molecule has 0 saturated carbocycles. The number of benzene rings is 1. The Bertz CT molecular complexity index is 406. The smallest absolute Gasteiger partial charge is 0.247 e. The van der Waals surface area contributed by atoms with Crippen molar-refractivity contribution in [3.63, 3.8) is 0 Å². The molecule has 1 atom stereocenters. The third-order valence-electron chi connectivity index (χ3n) is 2.85. The molecule has 0 bridgehead atoms. The Labute approximate surface area is 95.1 Å². The molecule has 0 aliphatic carbocycles. The molecular formula is C12H16N2O2. The van der Waals surface area contributed by atoms with Crippen molar-refractivity contribution < 1.29 is 9.90 Å². The molecule has 1 aromatic rings. The van der Waals surface area contributed by atoms with E-state index in [4.69, 9.17) is 0 Å². The Morgan fingerprint density at radius 2 is 2.25 bits per heavy atom. The monoisotopic (exact) mass is 220 g/mol. The van der Waals surface area contributed by atoms with Crippen molar-refractivity contribution in [2.24, 2.45) is 5.92 Å². The number of aliphatic hydroxyl groups excluding tert-OH is 1. The van der Waals surface area contributed by atoms with E-state index in [1.807, 2.05) is 43.1 Å². The molecule has 1 aliphatic heterocycles. The van der Waals surface area contributed by atoms with Gasteiger partial charge in [-0.3, -0.25) is 9.80 Å². The number of hydrogen-bond acceptors (Lipinski definition) is 3. The van der Waals surface area contributed by atoms with Crippen LogP contribution in [0.2, 0.25) is 0 Å². The highest BCUT2D eigenvalue weighted by Crippen LogP contribution is 2.25. The molecule has 1 saturated heterocycles. The minimum absolute atomic E-state index is 0.0241. The van der Waals surface area contributed by atoms with E-state index >= 15 is 0 Å². The number of hydrazine groups is 1. The van der Waals surface area contributed by atoms with Crippen LogP contribution in [0.1, 0.15) is 12.5 Å². The maximum Gasteiger partial charge on any atom is 0.247 e.